The lowest BCUT2D eigenvalue weighted by Crippen LogP contribution is -2.40. The van der Waals surface area contributed by atoms with E-state index >= 15 is 0 Å². The van der Waals surface area contributed by atoms with Crippen LogP contribution in [0.2, 0.25) is 0 Å². The first kappa shape index (κ1) is 17.1. The zero-order valence-electron chi connectivity index (χ0n) is 12.2. The average molecular weight is 302 g/mol. The van der Waals surface area contributed by atoms with Gasteiger partial charge in [-0.3, -0.25) is 0 Å². The van der Waals surface area contributed by atoms with Gasteiger partial charge in [-0.2, -0.15) is 0 Å². The van der Waals surface area contributed by atoms with Crippen molar-refractivity contribution >= 4 is 10.0 Å². The Morgan fingerprint density at radius 1 is 1.30 bits per heavy atom. The van der Waals surface area contributed by atoms with Crippen molar-refractivity contribution in [3.8, 4) is 0 Å². The Balaban J connectivity index is 2.65. The van der Waals surface area contributed by atoms with E-state index in [1.54, 1.807) is 26.0 Å². The molecule has 1 rings (SSSR count). The molecule has 0 saturated carbocycles. The SMILES string of the molecule is CCCNCC(C)S(=O)(=O)NC(C)c1cccc(F)c1. The predicted molar refractivity (Wildman–Crippen MR) is 79.5 cm³/mol. The van der Waals surface area contributed by atoms with E-state index < -0.39 is 21.3 Å². The molecule has 0 heterocycles. The molecule has 4 nitrogen and oxygen atoms in total. The fraction of sp³-hybridized carbons (Fsp3) is 0.571. The van der Waals surface area contributed by atoms with Gasteiger partial charge in [0.2, 0.25) is 10.0 Å². The van der Waals surface area contributed by atoms with Crippen LogP contribution in [0, 0.1) is 5.82 Å². The molecule has 0 aliphatic carbocycles. The van der Waals surface area contributed by atoms with Gasteiger partial charge in [0.05, 0.1) is 5.25 Å². The highest BCUT2D eigenvalue weighted by Crippen LogP contribution is 2.15. The third-order valence-corrected chi connectivity index (χ3v) is 4.99. The van der Waals surface area contributed by atoms with Crippen LogP contribution in [0.15, 0.2) is 24.3 Å². The normalized spacial score (nSPS) is 15.0. The molecule has 0 amide bonds. The second-order valence-corrected chi connectivity index (χ2v) is 7.08. The van der Waals surface area contributed by atoms with Gasteiger partial charge in [0, 0.05) is 12.6 Å². The van der Waals surface area contributed by atoms with Crippen LogP contribution in [-0.2, 0) is 10.0 Å². The summed E-state index contributed by atoms with van der Waals surface area (Å²) in [5.74, 6) is -0.369. The first-order chi connectivity index (χ1) is 9.36. The van der Waals surface area contributed by atoms with Crippen LogP contribution in [0.1, 0.15) is 38.8 Å². The first-order valence-corrected chi connectivity index (χ1v) is 8.38. The zero-order chi connectivity index (χ0) is 15.2. The molecule has 1 aromatic rings. The third-order valence-electron chi connectivity index (χ3n) is 3.08. The lowest BCUT2D eigenvalue weighted by atomic mass is 10.1. The van der Waals surface area contributed by atoms with E-state index in [4.69, 9.17) is 0 Å². The maximum atomic E-state index is 13.1. The molecule has 0 bridgehead atoms. The van der Waals surface area contributed by atoms with Crippen molar-refractivity contribution in [3.63, 3.8) is 0 Å². The number of sulfonamides is 1. The summed E-state index contributed by atoms with van der Waals surface area (Å²) >= 11 is 0. The van der Waals surface area contributed by atoms with Crippen molar-refractivity contribution in [2.45, 2.75) is 38.5 Å². The van der Waals surface area contributed by atoms with Crippen LogP contribution in [0.5, 0.6) is 0 Å². The standard InChI is InChI=1S/C14H23FN2O2S/c1-4-8-16-10-11(2)20(18,19)17-12(3)13-6-5-7-14(15)9-13/h5-7,9,11-12,16-17H,4,8,10H2,1-3H3. The second kappa shape index (κ2) is 7.71. The summed E-state index contributed by atoms with van der Waals surface area (Å²) < 4.78 is 40.0. The second-order valence-electron chi connectivity index (χ2n) is 4.95. The van der Waals surface area contributed by atoms with Crippen molar-refractivity contribution in [2.75, 3.05) is 13.1 Å². The summed E-state index contributed by atoms with van der Waals surface area (Å²) in [5.41, 5.74) is 0.613. The Bertz CT molecular complexity index is 520. The lowest BCUT2D eigenvalue weighted by molar-refractivity contribution is 0.543. The molecule has 2 N–H and O–H groups in total. The Labute approximate surface area is 120 Å². The van der Waals surface area contributed by atoms with Crippen LogP contribution in [0.3, 0.4) is 0 Å². The van der Waals surface area contributed by atoms with E-state index in [2.05, 4.69) is 10.0 Å². The van der Waals surface area contributed by atoms with Crippen LogP contribution in [-0.4, -0.2) is 26.8 Å². The van der Waals surface area contributed by atoms with Crippen molar-refractivity contribution in [1.82, 2.24) is 10.0 Å². The largest absolute Gasteiger partial charge is 0.315 e. The van der Waals surface area contributed by atoms with Crippen LogP contribution in [0.25, 0.3) is 0 Å². The first-order valence-electron chi connectivity index (χ1n) is 6.84. The van der Waals surface area contributed by atoms with Crippen LogP contribution < -0.4 is 10.0 Å². The van der Waals surface area contributed by atoms with E-state index in [1.807, 2.05) is 6.92 Å². The number of rotatable bonds is 8. The minimum atomic E-state index is -3.44. The van der Waals surface area contributed by atoms with Gasteiger partial charge in [0.1, 0.15) is 5.82 Å². The molecule has 114 valence electrons. The smallest absolute Gasteiger partial charge is 0.216 e. The molecule has 0 radical (unpaired) electrons. The molecule has 0 aliphatic heterocycles. The Kier molecular flexibility index (Phi) is 6.58. The summed E-state index contributed by atoms with van der Waals surface area (Å²) in [4.78, 5) is 0. The molecule has 2 atom stereocenters. The summed E-state index contributed by atoms with van der Waals surface area (Å²) in [5, 5.41) is 2.55. The molecular weight excluding hydrogens is 279 g/mol. The molecule has 1 aromatic carbocycles. The number of nitrogens with one attached hydrogen (secondary N) is 2. The maximum absolute atomic E-state index is 13.1. The lowest BCUT2D eigenvalue weighted by Gasteiger charge is -2.19. The fourth-order valence-corrected chi connectivity index (χ4v) is 3.00. The van der Waals surface area contributed by atoms with Crippen molar-refractivity contribution < 1.29 is 12.8 Å². The molecule has 0 aromatic heterocycles. The molecule has 0 aliphatic rings. The number of benzene rings is 1. The van der Waals surface area contributed by atoms with Crippen LogP contribution in [0.4, 0.5) is 4.39 Å². The molecule has 6 heteroatoms. The highest BCUT2D eigenvalue weighted by Gasteiger charge is 2.23. The topological polar surface area (TPSA) is 58.2 Å². The van der Waals surface area contributed by atoms with Gasteiger partial charge in [-0.25, -0.2) is 17.5 Å². The van der Waals surface area contributed by atoms with Gasteiger partial charge in [-0.15, -0.1) is 0 Å². The average Bonchev–Trinajstić information content (AvgIpc) is 2.38. The maximum Gasteiger partial charge on any atom is 0.216 e. The molecule has 0 fully saturated rings. The summed E-state index contributed by atoms with van der Waals surface area (Å²) in [6, 6.07) is 5.50. The molecule has 0 spiro atoms. The monoisotopic (exact) mass is 302 g/mol. The minimum Gasteiger partial charge on any atom is -0.315 e. The predicted octanol–water partition coefficient (Wildman–Crippen LogP) is 2.19. The van der Waals surface area contributed by atoms with Crippen molar-refractivity contribution in [3.05, 3.63) is 35.6 Å². The number of halogens is 1. The molecular formula is C14H23FN2O2S. The van der Waals surface area contributed by atoms with E-state index in [0.29, 0.717) is 12.1 Å². The zero-order valence-corrected chi connectivity index (χ0v) is 13.0. The van der Waals surface area contributed by atoms with Crippen molar-refractivity contribution in [2.24, 2.45) is 0 Å². The third kappa shape index (κ3) is 5.19. The molecule has 20 heavy (non-hydrogen) atoms. The Hall–Kier alpha value is -0.980. The van der Waals surface area contributed by atoms with Gasteiger partial charge in [-0.1, -0.05) is 19.1 Å². The van der Waals surface area contributed by atoms with Crippen LogP contribution >= 0.6 is 0 Å². The molecule has 0 saturated heterocycles. The fourth-order valence-electron chi connectivity index (χ4n) is 1.80. The highest BCUT2D eigenvalue weighted by atomic mass is 32.2. The Morgan fingerprint density at radius 3 is 2.60 bits per heavy atom. The summed E-state index contributed by atoms with van der Waals surface area (Å²) in [6.07, 6.45) is 0.958. The van der Waals surface area contributed by atoms with E-state index in [0.717, 1.165) is 13.0 Å². The quantitative estimate of drug-likeness (QED) is 0.724. The minimum absolute atomic E-state index is 0.369. The summed E-state index contributed by atoms with van der Waals surface area (Å²) in [6.45, 7) is 6.58. The van der Waals surface area contributed by atoms with E-state index in [9.17, 15) is 12.8 Å². The van der Waals surface area contributed by atoms with Gasteiger partial charge in [0.15, 0.2) is 0 Å². The van der Waals surface area contributed by atoms with Gasteiger partial charge >= 0.3 is 0 Å². The van der Waals surface area contributed by atoms with Gasteiger partial charge in [-0.05, 0) is 44.5 Å². The highest BCUT2D eigenvalue weighted by molar-refractivity contribution is 7.90. The number of hydrogen-bond donors (Lipinski definition) is 2. The summed E-state index contributed by atoms with van der Waals surface area (Å²) in [7, 11) is -3.44. The van der Waals surface area contributed by atoms with E-state index in [1.165, 1.54) is 12.1 Å². The Morgan fingerprint density at radius 2 is 2.00 bits per heavy atom. The molecule has 2 unspecified atom stereocenters. The number of hydrogen-bond acceptors (Lipinski definition) is 3. The van der Waals surface area contributed by atoms with Gasteiger partial charge < -0.3 is 5.32 Å². The van der Waals surface area contributed by atoms with E-state index in [-0.39, 0.29) is 5.82 Å². The van der Waals surface area contributed by atoms with Crippen molar-refractivity contribution in [1.29, 1.82) is 0 Å². The van der Waals surface area contributed by atoms with Gasteiger partial charge in [0.25, 0.3) is 0 Å².